The number of halogens is 2. The Balaban J connectivity index is 2.56. The third-order valence-corrected chi connectivity index (χ3v) is 2.59. The van der Waals surface area contributed by atoms with Crippen LogP contribution in [-0.4, -0.2) is 17.8 Å². The van der Waals surface area contributed by atoms with Gasteiger partial charge in [0.05, 0.1) is 6.61 Å². The summed E-state index contributed by atoms with van der Waals surface area (Å²) in [7, 11) is 0. The van der Waals surface area contributed by atoms with Crippen molar-refractivity contribution in [2.24, 2.45) is 5.92 Å². The largest absolute Gasteiger partial charge is 0.395 e. The first-order chi connectivity index (χ1) is 8.04. The maximum Gasteiger partial charge on any atom is 0.163 e. The predicted molar refractivity (Wildman–Crippen MR) is 63.5 cm³/mol. The number of rotatable bonds is 6. The van der Waals surface area contributed by atoms with Crippen molar-refractivity contribution in [3.8, 4) is 0 Å². The van der Waals surface area contributed by atoms with Crippen molar-refractivity contribution in [3.63, 3.8) is 0 Å². The highest BCUT2D eigenvalue weighted by atomic mass is 19.2. The molecule has 0 bridgehead atoms. The number of hydrogen-bond donors (Lipinski definition) is 2. The minimum atomic E-state index is -0.839. The highest BCUT2D eigenvalue weighted by molar-refractivity contribution is 5.18. The van der Waals surface area contributed by atoms with Crippen LogP contribution in [0.3, 0.4) is 0 Å². The lowest BCUT2D eigenvalue weighted by Crippen LogP contribution is -2.33. The first-order valence-corrected chi connectivity index (χ1v) is 5.81. The molecular formula is C13H19F2NO. The Bertz CT molecular complexity index is 355. The van der Waals surface area contributed by atoms with E-state index in [2.05, 4.69) is 5.32 Å². The highest BCUT2D eigenvalue weighted by Crippen LogP contribution is 2.12. The standard InChI is InChI=1S/C13H19F2NO/c1-9(2)6-11(8-17)16-7-10-4-3-5-12(14)13(10)15/h3-5,9,11,16-17H,6-8H2,1-2H3. The van der Waals surface area contributed by atoms with Crippen LogP contribution in [0.15, 0.2) is 18.2 Å². The van der Waals surface area contributed by atoms with Crippen LogP contribution in [0.2, 0.25) is 0 Å². The average Bonchev–Trinajstić information content (AvgIpc) is 2.28. The lowest BCUT2D eigenvalue weighted by molar-refractivity contribution is 0.223. The van der Waals surface area contributed by atoms with E-state index in [0.29, 0.717) is 5.92 Å². The molecular weight excluding hydrogens is 224 g/mol. The molecule has 0 spiro atoms. The second-order valence-electron chi connectivity index (χ2n) is 4.60. The van der Waals surface area contributed by atoms with Gasteiger partial charge in [0.15, 0.2) is 11.6 Å². The van der Waals surface area contributed by atoms with Crippen molar-refractivity contribution in [2.45, 2.75) is 32.9 Å². The van der Waals surface area contributed by atoms with Gasteiger partial charge in [0.2, 0.25) is 0 Å². The highest BCUT2D eigenvalue weighted by Gasteiger charge is 2.12. The van der Waals surface area contributed by atoms with Crippen molar-refractivity contribution in [1.82, 2.24) is 5.32 Å². The van der Waals surface area contributed by atoms with E-state index < -0.39 is 11.6 Å². The van der Waals surface area contributed by atoms with E-state index in [1.165, 1.54) is 12.1 Å². The van der Waals surface area contributed by atoms with Gasteiger partial charge in [-0.1, -0.05) is 26.0 Å². The first-order valence-electron chi connectivity index (χ1n) is 5.81. The normalized spacial score (nSPS) is 13.1. The van der Waals surface area contributed by atoms with Crippen LogP contribution in [0.1, 0.15) is 25.8 Å². The van der Waals surface area contributed by atoms with Crippen LogP contribution in [0, 0.1) is 17.6 Å². The summed E-state index contributed by atoms with van der Waals surface area (Å²) in [6.45, 7) is 4.32. The number of hydrogen-bond acceptors (Lipinski definition) is 2. The quantitative estimate of drug-likeness (QED) is 0.804. The fraction of sp³-hybridized carbons (Fsp3) is 0.538. The molecule has 0 aliphatic carbocycles. The van der Waals surface area contributed by atoms with Gasteiger partial charge in [-0.05, 0) is 18.4 Å². The zero-order valence-electron chi connectivity index (χ0n) is 10.2. The van der Waals surface area contributed by atoms with Crippen molar-refractivity contribution in [1.29, 1.82) is 0 Å². The van der Waals surface area contributed by atoms with E-state index in [1.807, 2.05) is 13.8 Å². The van der Waals surface area contributed by atoms with Crippen LogP contribution in [0.5, 0.6) is 0 Å². The fourth-order valence-corrected chi connectivity index (χ4v) is 1.73. The first kappa shape index (κ1) is 14.1. The van der Waals surface area contributed by atoms with Crippen LogP contribution in [-0.2, 0) is 6.54 Å². The Labute approximate surface area is 101 Å². The van der Waals surface area contributed by atoms with Gasteiger partial charge in [0.25, 0.3) is 0 Å². The molecule has 1 aromatic carbocycles. The molecule has 1 aromatic rings. The van der Waals surface area contributed by atoms with E-state index in [0.717, 1.165) is 12.5 Å². The number of nitrogens with one attached hydrogen (secondary N) is 1. The maximum atomic E-state index is 13.3. The summed E-state index contributed by atoms with van der Waals surface area (Å²) in [6.07, 6.45) is 0.799. The molecule has 0 heterocycles. The molecule has 0 fully saturated rings. The molecule has 2 N–H and O–H groups in total. The van der Waals surface area contributed by atoms with Crippen LogP contribution in [0.4, 0.5) is 8.78 Å². The second kappa shape index (κ2) is 6.67. The second-order valence-corrected chi connectivity index (χ2v) is 4.60. The van der Waals surface area contributed by atoms with E-state index in [-0.39, 0.29) is 24.8 Å². The predicted octanol–water partition coefficient (Wildman–Crippen LogP) is 2.46. The van der Waals surface area contributed by atoms with Crippen molar-refractivity contribution >= 4 is 0 Å². The monoisotopic (exact) mass is 243 g/mol. The zero-order valence-corrected chi connectivity index (χ0v) is 10.2. The van der Waals surface area contributed by atoms with Gasteiger partial charge in [-0.15, -0.1) is 0 Å². The molecule has 0 saturated heterocycles. The van der Waals surface area contributed by atoms with Gasteiger partial charge >= 0.3 is 0 Å². The molecule has 1 rings (SSSR count). The van der Waals surface area contributed by atoms with Gasteiger partial charge < -0.3 is 10.4 Å². The third kappa shape index (κ3) is 4.40. The zero-order chi connectivity index (χ0) is 12.8. The van der Waals surface area contributed by atoms with E-state index in [4.69, 9.17) is 5.11 Å². The van der Waals surface area contributed by atoms with E-state index in [9.17, 15) is 8.78 Å². The Hall–Kier alpha value is -1.00. The Morgan fingerprint density at radius 1 is 1.29 bits per heavy atom. The molecule has 0 amide bonds. The molecule has 0 aromatic heterocycles. The summed E-state index contributed by atoms with van der Waals surface area (Å²) >= 11 is 0. The summed E-state index contributed by atoms with van der Waals surface area (Å²) in [5.41, 5.74) is 0.284. The van der Waals surface area contributed by atoms with Crippen LogP contribution in [0.25, 0.3) is 0 Å². The Morgan fingerprint density at radius 3 is 2.59 bits per heavy atom. The fourth-order valence-electron chi connectivity index (χ4n) is 1.73. The maximum absolute atomic E-state index is 13.3. The van der Waals surface area contributed by atoms with Crippen molar-refractivity contribution < 1.29 is 13.9 Å². The minimum absolute atomic E-state index is 0.00485. The SMILES string of the molecule is CC(C)CC(CO)NCc1cccc(F)c1F. The van der Waals surface area contributed by atoms with Crippen molar-refractivity contribution in [3.05, 3.63) is 35.4 Å². The van der Waals surface area contributed by atoms with Gasteiger partial charge in [0.1, 0.15) is 0 Å². The van der Waals surface area contributed by atoms with Gasteiger partial charge in [0, 0.05) is 18.2 Å². The molecule has 0 radical (unpaired) electrons. The lowest BCUT2D eigenvalue weighted by atomic mass is 10.0. The summed E-state index contributed by atoms with van der Waals surface area (Å²) in [6, 6.07) is 4.02. The molecule has 2 nitrogen and oxygen atoms in total. The number of aliphatic hydroxyl groups is 1. The van der Waals surface area contributed by atoms with Gasteiger partial charge in [-0.25, -0.2) is 8.78 Å². The van der Waals surface area contributed by atoms with Gasteiger partial charge in [-0.2, -0.15) is 0 Å². The smallest absolute Gasteiger partial charge is 0.163 e. The summed E-state index contributed by atoms with van der Waals surface area (Å²) in [5, 5.41) is 12.2. The topological polar surface area (TPSA) is 32.3 Å². The average molecular weight is 243 g/mol. The molecule has 1 unspecified atom stereocenters. The minimum Gasteiger partial charge on any atom is -0.395 e. The molecule has 17 heavy (non-hydrogen) atoms. The molecule has 0 saturated carbocycles. The van der Waals surface area contributed by atoms with Crippen LogP contribution < -0.4 is 5.32 Å². The molecule has 1 atom stereocenters. The molecule has 4 heteroatoms. The van der Waals surface area contributed by atoms with E-state index in [1.54, 1.807) is 0 Å². The summed E-state index contributed by atoms with van der Waals surface area (Å²) < 4.78 is 26.3. The lowest BCUT2D eigenvalue weighted by Gasteiger charge is -2.18. The summed E-state index contributed by atoms with van der Waals surface area (Å²) in [4.78, 5) is 0. The van der Waals surface area contributed by atoms with Gasteiger partial charge in [-0.3, -0.25) is 0 Å². The van der Waals surface area contributed by atoms with Crippen molar-refractivity contribution in [2.75, 3.05) is 6.61 Å². The Kier molecular flexibility index (Phi) is 5.51. The third-order valence-electron chi connectivity index (χ3n) is 2.59. The van der Waals surface area contributed by atoms with E-state index >= 15 is 0 Å². The molecule has 0 aliphatic rings. The number of aliphatic hydroxyl groups excluding tert-OH is 1. The summed E-state index contributed by atoms with van der Waals surface area (Å²) in [5.74, 6) is -1.22. The molecule has 0 aliphatic heterocycles. The number of benzene rings is 1. The van der Waals surface area contributed by atoms with Crippen LogP contribution >= 0.6 is 0 Å². The molecule has 96 valence electrons. The Morgan fingerprint density at radius 2 is 2.00 bits per heavy atom.